The fourth-order valence-electron chi connectivity index (χ4n) is 2.29. The highest BCUT2D eigenvalue weighted by atomic mass is 19.1. The van der Waals surface area contributed by atoms with Gasteiger partial charge < -0.3 is 4.90 Å². The second-order valence-corrected chi connectivity index (χ2v) is 5.05. The lowest BCUT2D eigenvalue weighted by Gasteiger charge is -2.21. The van der Waals surface area contributed by atoms with Crippen molar-refractivity contribution >= 4 is 23.3 Å². The Morgan fingerprint density at radius 2 is 1.91 bits per heavy atom. The van der Waals surface area contributed by atoms with Crippen LogP contribution in [0.25, 0.3) is 6.08 Å². The summed E-state index contributed by atoms with van der Waals surface area (Å²) in [5.41, 5.74) is 2.12. The van der Waals surface area contributed by atoms with Crippen LogP contribution in [0.2, 0.25) is 0 Å². The van der Waals surface area contributed by atoms with E-state index in [1.807, 2.05) is 48.3 Å². The molecule has 0 heterocycles. The van der Waals surface area contributed by atoms with E-state index in [1.54, 1.807) is 6.07 Å². The SMILES string of the molecule is C=Cc1c(F)cccc1/N=C(/CCC)N(C)c1ccccc1. The molecular formula is C19H21FN2. The molecule has 0 radical (unpaired) electrons. The van der Waals surface area contributed by atoms with Crippen LogP contribution in [-0.2, 0) is 0 Å². The van der Waals surface area contributed by atoms with Gasteiger partial charge in [0.05, 0.1) is 5.69 Å². The van der Waals surface area contributed by atoms with E-state index in [0.717, 1.165) is 24.4 Å². The molecule has 0 amide bonds. The zero-order valence-electron chi connectivity index (χ0n) is 13.1. The van der Waals surface area contributed by atoms with Crippen LogP contribution in [0.3, 0.4) is 0 Å². The molecule has 2 nitrogen and oxygen atoms in total. The van der Waals surface area contributed by atoms with Gasteiger partial charge in [-0.05, 0) is 30.7 Å². The summed E-state index contributed by atoms with van der Waals surface area (Å²) in [6.07, 6.45) is 3.30. The first-order valence-corrected chi connectivity index (χ1v) is 7.44. The Hall–Kier alpha value is -2.42. The molecule has 3 heteroatoms. The van der Waals surface area contributed by atoms with Crippen LogP contribution >= 0.6 is 0 Å². The van der Waals surface area contributed by atoms with Crippen molar-refractivity contribution in [1.82, 2.24) is 0 Å². The summed E-state index contributed by atoms with van der Waals surface area (Å²) in [5, 5.41) is 0. The van der Waals surface area contributed by atoms with E-state index in [0.29, 0.717) is 11.3 Å². The van der Waals surface area contributed by atoms with Gasteiger partial charge in [-0.3, -0.25) is 0 Å². The fraction of sp³-hybridized carbons (Fsp3) is 0.211. The maximum Gasteiger partial charge on any atom is 0.132 e. The summed E-state index contributed by atoms with van der Waals surface area (Å²) in [6, 6.07) is 14.9. The van der Waals surface area contributed by atoms with Crippen LogP contribution in [-0.4, -0.2) is 12.9 Å². The van der Waals surface area contributed by atoms with Gasteiger partial charge >= 0.3 is 0 Å². The Balaban J connectivity index is 2.44. The summed E-state index contributed by atoms with van der Waals surface area (Å²) in [7, 11) is 1.98. The van der Waals surface area contributed by atoms with Crippen LogP contribution < -0.4 is 4.90 Å². The molecule has 0 aliphatic rings. The molecule has 0 saturated heterocycles. The predicted molar refractivity (Wildman–Crippen MR) is 93.3 cm³/mol. The van der Waals surface area contributed by atoms with Crippen molar-refractivity contribution in [3.05, 3.63) is 66.5 Å². The number of hydrogen-bond donors (Lipinski definition) is 0. The third-order valence-electron chi connectivity index (χ3n) is 3.49. The summed E-state index contributed by atoms with van der Waals surface area (Å²) in [6.45, 7) is 5.79. The normalized spacial score (nSPS) is 11.3. The third kappa shape index (κ3) is 3.61. The Bertz CT molecular complexity index is 662. The van der Waals surface area contributed by atoms with Crippen molar-refractivity contribution in [1.29, 1.82) is 0 Å². The molecular weight excluding hydrogens is 275 g/mol. The molecule has 0 aliphatic carbocycles. The molecule has 0 fully saturated rings. The van der Waals surface area contributed by atoms with E-state index in [-0.39, 0.29) is 5.82 Å². The molecule has 114 valence electrons. The third-order valence-corrected chi connectivity index (χ3v) is 3.49. The quantitative estimate of drug-likeness (QED) is 0.530. The van der Waals surface area contributed by atoms with Gasteiger partial charge in [0.1, 0.15) is 11.7 Å². The van der Waals surface area contributed by atoms with E-state index in [4.69, 9.17) is 0 Å². The van der Waals surface area contributed by atoms with Crippen molar-refractivity contribution in [2.75, 3.05) is 11.9 Å². The number of nitrogens with zero attached hydrogens (tertiary/aromatic N) is 2. The molecule has 0 bridgehead atoms. The molecule has 22 heavy (non-hydrogen) atoms. The molecule has 2 aromatic carbocycles. The van der Waals surface area contributed by atoms with Crippen molar-refractivity contribution in [3.63, 3.8) is 0 Å². The Kier molecular flexibility index (Phi) is 5.48. The zero-order valence-corrected chi connectivity index (χ0v) is 13.1. The van der Waals surface area contributed by atoms with Crippen LogP contribution in [0.5, 0.6) is 0 Å². The lowest BCUT2D eigenvalue weighted by atomic mass is 10.1. The smallest absolute Gasteiger partial charge is 0.132 e. The average Bonchev–Trinajstić information content (AvgIpc) is 2.55. The average molecular weight is 296 g/mol. The molecule has 0 atom stereocenters. The fourth-order valence-corrected chi connectivity index (χ4v) is 2.29. The number of anilines is 1. The summed E-state index contributed by atoms with van der Waals surface area (Å²) in [4.78, 5) is 6.73. The van der Waals surface area contributed by atoms with E-state index in [1.165, 1.54) is 12.1 Å². The zero-order chi connectivity index (χ0) is 15.9. The number of hydrogen-bond acceptors (Lipinski definition) is 1. The van der Waals surface area contributed by atoms with Crippen molar-refractivity contribution in [2.45, 2.75) is 19.8 Å². The first kappa shape index (κ1) is 16.0. The van der Waals surface area contributed by atoms with Gasteiger partial charge in [0.2, 0.25) is 0 Å². The molecule has 0 aliphatic heterocycles. The minimum atomic E-state index is -0.297. The topological polar surface area (TPSA) is 15.6 Å². The molecule has 0 N–H and O–H groups in total. The van der Waals surface area contributed by atoms with E-state index in [9.17, 15) is 4.39 Å². The van der Waals surface area contributed by atoms with Gasteiger partial charge in [-0.2, -0.15) is 0 Å². The summed E-state index contributed by atoms with van der Waals surface area (Å²) in [5.74, 6) is 0.608. The summed E-state index contributed by atoms with van der Waals surface area (Å²) < 4.78 is 13.9. The van der Waals surface area contributed by atoms with Crippen LogP contribution in [0, 0.1) is 5.82 Å². The first-order valence-electron chi connectivity index (χ1n) is 7.44. The highest BCUT2D eigenvalue weighted by molar-refractivity contribution is 5.99. The van der Waals surface area contributed by atoms with Crippen molar-refractivity contribution in [2.24, 2.45) is 4.99 Å². The van der Waals surface area contributed by atoms with Crippen LogP contribution in [0.1, 0.15) is 25.3 Å². The number of para-hydroxylation sites is 1. The lowest BCUT2D eigenvalue weighted by molar-refractivity contribution is 0.625. The maximum absolute atomic E-state index is 13.9. The van der Waals surface area contributed by atoms with Gasteiger partial charge in [-0.25, -0.2) is 9.38 Å². The molecule has 2 rings (SSSR count). The molecule has 0 aromatic heterocycles. The predicted octanol–water partition coefficient (Wildman–Crippen LogP) is 5.44. The number of halogens is 1. The minimum Gasteiger partial charge on any atom is -0.333 e. The largest absolute Gasteiger partial charge is 0.333 e. The standard InChI is InChI=1S/C19H21FN2/c1-4-10-19(22(3)15-11-7-6-8-12-15)21-18-14-9-13-17(20)16(18)5-2/h5-9,11-14H,2,4,10H2,1,3H3/b21-19-. The second-order valence-electron chi connectivity index (χ2n) is 5.05. The van der Waals surface area contributed by atoms with Gasteiger partial charge in [0.15, 0.2) is 0 Å². The van der Waals surface area contributed by atoms with Crippen molar-refractivity contribution in [3.8, 4) is 0 Å². The van der Waals surface area contributed by atoms with E-state index < -0.39 is 0 Å². The number of amidine groups is 1. The molecule has 0 unspecified atom stereocenters. The van der Waals surface area contributed by atoms with Crippen molar-refractivity contribution < 1.29 is 4.39 Å². The first-order chi connectivity index (χ1) is 10.7. The Morgan fingerprint density at radius 3 is 2.55 bits per heavy atom. The highest BCUT2D eigenvalue weighted by Crippen LogP contribution is 2.25. The minimum absolute atomic E-state index is 0.297. The van der Waals surface area contributed by atoms with Crippen LogP contribution in [0.4, 0.5) is 15.8 Å². The monoisotopic (exact) mass is 296 g/mol. The molecule has 0 saturated carbocycles. The van der Waals surface area contributed by atoms with Crippen LogP contribution in [0.15, 0.2) is 60.1 Å². The maximum atomic E-state index is 13.9. The highest BCUT2D eigenvalue weighted by Gasteiger charge is 2.10. The number of rotatable bonds is 5. The Labute approximate surface area is 131 Å². The lowest BCUT2D eigenvalue weighted by Crippen LogP contribution is -2.25. The summed E-state index contributed by atoms with van der Waals surface area (Å²) >= 11 is 0. The van der Waals surface area contributed by atoms with Gasteiger partial charge in [-0.15, -0.1) is 0 Å². The van der Waals surface area contributed by atoms with E-state index >= 15 is 0 Å². The van der Waals surface area contributed by atoms with Gasteiger partial charge in [-0.1, -0.05) is 43.8 Å². The van der Waals surface area contributed by atoms with Gasteiger partial charge in [0, 0.05) is 24.7 Å². The van der Waals surface area contributed by atoms with E-state index in [2.05, 4.69) is 18.5 Å². The molecule has 0 spiro atoms. The second kappa shape index (κ2) is 7.55. The number of aliphatic imine (C=N–C) groups is 1. The number of benzene rings is 2. The Morgan fingerprint density at radius 1 is 1.18 bits per heavy atom. The van der Waals surface area contributed by atoms with Gasteiger partial charge in [0.25, 0.3) is 0 Å². The molecule has 2 aromatic rings.